The number of benzene rings is 3. The number of carbonyl (C=O) groups excluding carboxylic acids is 1. The minimum atomic E-state index is -3.51. The van der Waals surface area contributed by atoms with E-state index < -0.39 is 44.0 Å². The highest BCUT2D eigenvalue weighted by Gasteiger charge is 2.51. The summed E-state index contributed by atoms with van der Waals surface area (Å²) in [5.74, 6) is 0.284. The van der Waals surface area contributed by atoms with Crippen molar-refractivity contribution in [1.29, 1.82) is 0 Å². The van der Waals surface area contributed by atoms with Gasteiger partial charge in [-0.15, -0.1) is 0 Å². The van der Waals surface area contributed by atoms with Crippen LogP contribution in [0.5, 0.6) is 5.75 Å². The van der Waals surface area contributed by atoms with Crippen molar-refractivity contribution < 1.29 is 38.1 Å². The van der Waals surface area contributed by atoms with E-state index in [-0.39, 0.29) is 24.9 Å². The zero-order valence-electron chi connectivity index (χ0n) is 28.4. The number of anilines is 1. The van der Waals surface area contributed by atoms with Gasteiger partial charge >= 0.3 is 13.9 Å². The number of pyridine rings is 1. The molecule has 2 unspecified atom stereocenters. The highest BCUT2D eigenvalue weighted by Crippen LogP contribution is 2.46. The summed E-state index contributed by atoms with van der Waals surface area (Å²) < 4.78 is 36.3. The summed E-state index contributed by atoms with van der Waals surface area (Å²) in [5.41, 5.74) is 7.89. The van der Waals surface area contributed by atoms with Crippen LogP contribution in [0.2, 0.25) is 0 Å². The molecule has 4 heterocycles. The van der Waals surface area contributed by atoms with Crippen molar-refractivity contribution in [1.82, 2.24) is 19.4 Å². The van der Waals surface area contributed by atoms with Crippen LogP contribution in [0.25, 0.3) is 0 Å². The van der Waals surface area contributed by atoms with E-state index in [9.17, 15) is 24.2 Å². The highest BCUT2D eigenvalue weighted by atomic mass is 31.1. The lowest BCUT2D eigenvalue weighted by Gasteiger charge is -2.40. The quantitative estimate of drug-likeness (QED) is 0.111. The lowest BCUT2D eigenvalue weighted by atomic mass is 9.83. The van der Waals surface area contributed by atoms with Crippen LogP contribution in [-0.4, -0.2) is 73.5 Å². The molecule has 14 nitrogen and oxygen atoms in total. The van der Waals surface area contributed by atoms with Gasteiger partial charge in [0.2, 0.25) is 0 Å². The Kier molecular flexibility index (Phi) is 10.8. The number of hydrogen-bond donors (Lipinski definition) is 3. The Morgan fingerprint density at radius 1 is 0.943 bits per heavy atom. The van der Waals surface area contributed by atoms with E-state index in [4.69, 9.17) is 24.5 Å². The molecular formula is C38H38N5O9P. The van der Waals surface area contributed by atoms with Crippen LogP contribution in [-0.2, 0) is 37.1 Å². The Morgan fingerprint density at radius 3 is 2.43 bits per heavy atom. The second-order valence-corrected chi connectivity index (χ2v) is 13.5. The van der Waals surface area contributed by atoms with Crippen molar-refractivity contribution in [2.75, 3.05) is 25.6 Å². The molecular weight excluding hydrogens is 701 g/mol. The number of fused-ring (bicyclic) bond motifs is 1. The zero-order valence-corrected chi connectivity index (χ0v) is 29.4. The maximum Gasteiger partial charge on any atom is 0.351 e. The van der Waals surface area contributed by atoms with Gasteiger partial charge in [-0.2, -0.15) is 4.98 Å². The molecule has 53 heavy (non-hydrogen) atoms. The first-order chi connectivity index (χ1) is 25.7. The van der Waals surface area contributed by atoms with Crippen molar-refractivity contribution in [3.8, 4) is 5.75 Å². The Balaban J connectivity index is 1.16. The number of aliphatic hydroxyl groups excluding tert-OH is 1. The Labute approximate surface area is 305 Å². The molecule has 1 amide bonds. The fourth-order valence-electron chi connectivity index (χ4n) is 6.93. The number of hydrogen-bond acceptors (Lipinski definition) is 11. The molecule has 0 saturated carbocycles. The van der Waals surface area contributed by atoms with Crippen LogP contribution in [0.15, 0.2) is 120 Å². The van der Waals surface area contributed by atoms with Crippen LogP contribution in [0.4, 0.5) is 5.82 Å². The molecule has 0 radical (unpaired) electrons. The molecule has 5 aromatic rings. The molecule has 7 rings (SSSR count). The van der Waals surface area contributed by atoms with Gasteiger partial charge in [-0.3, -0.25) is 18.9 Å². The summed E-state index contributed by atoms with van der Waals surface area (Å²) in [5, 5.41) is 11.0. The average Bonchev–Trinajstić information content (AvgIpc) is 3.59. The first-order valence-electron chi connectivity index (χ1n) is 17.0. The summed E-state index contributed by atoms with van der Waals surface area (Å²) in [4.78, 5) is 46.2. The zero-order chi connectivity index (χ0) is 37.0. The van der Waals surface area contributed by atoms with Gasteiger partial charge in [0.1, 0.15) is 42.0 Å². The summed E-state index contributed by atoms with van der Waals surface area (Å²) in [6.45, 7) is 0.684. The summed E-state index contributed by atoms with van der Waals surface area (Å²) in [7, 11) is -3.51. The fourth-order valence-corrected chi connectivity index (χ4v) is 7.45. The predicted octanol–water partition coefficient (Wildman–Crippen LogP) is 3.48. The molecule has 4 N–H and O–H groups in total. The third-order valence-electron chi connectivity index (χ3n) is 9.45. The van der Waals surface area contributed by atoms with Crippen molar-refractivity contribution in [2.45, 2.75) is 43.0 Å². The summed E-state index contributed by atoms with van der Waals surface area (Å²) in [6, 6.07) is 31.7. The molecule has 1 fully saturated rings. The lowest BCUT2D eigenvalue weighted by Crippen LogP contribution is -2.48. The first kappa shape index (κ1) is 36.2. The van der Waals surface area contributed by atoms with Gasteiger partial charge in [-0.05, 0) is 53.1 Å². The molecule has 0 spiro atoms. The van der Waals surface area contributed by atoms with Gasteiger partial charge in [-0.1, -0.05) is 66.7 Å². The van der Waals surface area contributed by atoms with E-state index in [1.165, 1.54) is 12.3 Å². The molecule has 0 aliphatic carbocycles. The fraction of sp³-hybridized carbons (Fsp3) is 0.263. The number of rotatable bonds is 14. The van der Waals surface area contributed by atoms with E-state index >= 15 is 0 Å². The third kappa shape index (κ3) is 7.51. The number of ether oxygens (including phenoxy) is 3. The Bertz CT molecular complexity index is 2120. The molecule has 0 bridgehead atoms. The average molecular weight is 740 g/mol. The first-order valence-corrected chi connectivity index (χ1v) is 18.2. The minimum absolute atomic E-state index is 0.0123. The summed E-state index contributed by atoms with van der Waals surface area (Å²) in [6.07, 6.45) is -1.46. The number of carbonyl (C=O) groups is 1. The predicted molar refractivity (Wildman–Crippen MR) is 193 cm³/mol. The van der Waals surface area contributed by atoms with E-state index in [0.717, 1.165) is 27.0 Å². The third-order valence-corrected chi connectivity index (χ3v) is 9.92. The largest absolute Gasteiger partial charge is 0.491 e. The number of aromatic nitrogens is 3. The molecule has 6 atom stereocenters. The highest BCUT2D eigenvalue weighted by molar-refractivity contribution is 7.32. The van der Waals surface area contributed by atoms with E-state index in [2.05, 4.69) is 9.97 Å². The lowest BCUT2D eigenvalue weighted by molar-refractivity contribution is -0.0511. The molecule has 2 aromatic heterocycles. The molecule has 1 saturated heterocycles. The second kappa shape index (κ2) is 15.8. The minimum Gasteiger partial charge on any atom is -0.491 e. The van der Waals surface area contributed by atoms with E-state index in [1.807, 2.05) is 89.8 Å². The SMILES string of the molecule is Nc1ccn([C@@H]2O[C@H](COc3ccc(C4(COCCc5ccccn5)c5ccccc5C(=O)N4Cc4ccccc4)cc3)[C@@H](O[PH](=O)O)[C@H]2O)c(=O)n1. The number of nitrogens with two attached hydrogens (primary N) is 1. The van der Waals surface area contributed by atoms with Crippen molar-refractivity contribution >= 4 is 20.0 Å². The molecule has 2 aliphatic rings. The maximum atomic E-state index is 14.2. The second-order valence-electron chi connectivity index (χ2n) is 12.7. The Morgan fingerprint density at radius 2 is 1.70 bits per heavy atom. The molecule has 15 heteroatoms. The normalized spacial score (nSPS) is 22.8. The molecule has 2 aliphatic heterocycles. The Hall–Kier alpha value is -5.21. The van der Waals surface area contributed by atoms with Gasteiger partial charge in [0.15, 0.2) is 6.23 Å². The van der Waals surface area contributed by atoms with Crippen molar-refractivity contribution in [2.24, 2.45) is 0 Å². The van der Waals surface area contributed by atoms with Crippen LogP contribution in [0, 0.1) is 0 Å². The summed E-state index contributed by atoms with van der Waals surface area (Å²) >= 11 is 0. The number of nitrogens with zero attached hydrogens (tertiary/aromatic N) is 4. The maximum absolute atomic E-state index is 14.2. The van der Waals surface area contributed by atoms with Gasteiger partial charge in [0.05, 0.1) is 13.2 Å². The van der Waals surface area contributed by atoms with Crippen LogP contribution in [0.1, 0.15) is 39.0 Å². The van der Waals surface area contributed by atoms with Gasteiger partial charge < -0.3 is 39.4 Å². The van der Waals surface area contributed by atoms with Crippen molar-refractivity contribution in [3.05, 3.63) is 154 Å². The van der Waals surface area contributed by atoms with Crippen molar-refractivity contribution in [3.63, 3.8) is 0 Å². The number of amides is 1. The molecule has 274 valence electrons. The van der Waals surface area contributed by atoms with E-state index in [0.29, 0.717) is 30.9 Å². The molecule has 3 aromatic carbocycles. The van der Waals surface area contributed by atoms with Crippen LogP contribution in [0.3, 0.4) is 0 Å². The smallest absolute Gasteiger partial charge is 0.351 e. The van der Waals surface area contributed by atoms with Crippen LogP contribution < -0.4 is 16.2 Å². The van der Waals surface area contributed by atoms with Gasteiger partial charge in [0, 0.05) is 36.6 Å². The monoisotopic (exact) mass is 739 g/mol. The van der Waals surface area contributed by atoms with Crippen LogP contribution >= 0.6 is 8.25 Å². The van der Waals surface area contributed by atoms with E-state index in [1.54, 1.807) is 18.3 Å². The topological polar surface area (TPSA) is 189 Å². The number of nitrogen functional groups attached to an aromatic ring is 1. The standard InChI is InChI=1S/C38H38N5O9P/c39-32-17-20-42(37(46)41-32)36-33(44)34(52-53(47)48)31(51-36)23-50-28-15-13-26(14-16-28)38(24-49-21-18-27-10-6-7-19-40-27)30-12-5-4-11-29(30)35(45)43(38)22-25-8-2-1-3-9-25/h1-17,19-20,31,33-34,36,44,53H,18,21-24H2,(H,47,48)(H2,39,41,46)/t31-,33-,34-,36-,38?/m1/s1. The van der Waals surface area contributed by atoms with Gasteiger partial charge in [-0.25, -0.2) is 4.79 Å². The van der Waals surface area contributed by atoms with Gasteiger partial charge in [0.25, 0.3) is 5.91 Å². The number of aliphatic hydroxyl groups is 1.